The van der Waals surface area contributed by atoms with Crippen LogP contribution < -0.4 is 16.8 Å². The molecule has 1 aromatic carbocycles. The predicted molar refractivity (Wildman–Crippen MR) is 128 cm³/mol. The molecule has 11 heteroatoms. The van der Waals surface area contributed by atoms with Crippen molar-refractivity contribution in [2.24, 2.45) is 22.8 Å². The van der Waals surface area contributed by atoms with Crippen molar-refractivity contribution in [3.63, 3.8) is 0 Å². The van der Waals surface area contributed by atoms with Crippen LogP contribution in [-0.4, -0.2) is 38.8 Å². The molecule has 1 saturated carbocycles. The van der Waals surface area contributed by atoms with Crippen LogP contribution in [0.25, 0.3) is 5.69 Å². The molecular weight excluding hydrogens is 475 g/mol. The number of aliphatic carboxylic acids is 1. The molecule has 8 nitrogen and oxygen atoms in total. The van der Waals surface area contributed by atoms with Crippen molar-refractivity contribution >= 4 is 17.6 Å². The summed E-state index contributed by atoms with van der Waals surface area (Å²) in [5.74, 6) is -1.98. The van der Waals surface area contributed by atoms with Gasteiger partial charge in [-0.3, -0.25) is 9.59 Å². The molecule has 1 fully saturated rings. The first-order chi connectivity index (χ1) is 16.8. The summed E-state index contributed by atoms with van der Waals surface area (Å²) in [6, 6.07) is 3.47. The highest BCUT2D eigenvalue weighted by Crippen LogP contribution is 2.42. The van der Waals surface area contributed by atoms with Crippen LogP contribution in [0.1, 0.15) is 73.3 Å². The van der Waals surface area contributed by atoms with Crippen molar-refractivity contribution in [3.8, 4) is 5.69 Å². The van der Waals surface area contributed by atoms with Gasteiger partial charge in [0.25, 0.3) is 5.91 Å². The summed E-state index contributed by atoms with van der Waals surface area (Å²) >= 11 is 0. The van der Waals surface area contributed by atoms with E-state index in [0.717, 1.165) is 12.8 Å². The molecular formula is C25H32F3N5O3. The predicted octanol–water partition coefficient (Wildman–Crippen LogP) is 3.89. The van der Waals surface area contributed by atoms with Gasteiger partial charge in [0.15, 0.2) is 5.69 Å². The van der Waals surface area contributed by atoms with Crippen molar-refractivity contribution in [3.05, 3.63) is 40.7 Å². The molecule has 2 unspecified atom stereocenters. The average Bonchev–Trinajstić information content (AvgIpc) is 3.16. The summed E-state index contributed by atoms with van der Waals surface area (Å²) in [6.45, 7) is 4.04. The Kier molecular flexibility index (Phi) is 6.80. The fraction of sp³-hybridized carbons (Fsp3) is 0.560. The summed E-state index contributed by atoms with van der Waals surface area (Å²) in [6.07, 6.45) is -0.573. The minimum atomic E-state index is -4.58. The Morgan fingerprint density at radius 3 is 2.64 bits per heavy atom. The summed E-state index contributed by atoms with van der Waals surface area (Å²) in [5, 5.41) is 16.6. The van der Waals surface area contributed by atoms with Gasteiger partial charge in [-0.15, -0.1) is 0 Å². The molecule has 3 atom stereocenters. The molecule has 196 valence electrons. The van der Waals surface area contributed by atoms with Crippen molar-refractivity contribution in [1.82, 2.24) is 9.78 Å². The van der Waals surface area contributed by atoms with Gasteiger partial charge in [-0.2, -0.15) is 18.3 Å². The van der Waals surface area contributed by atoms with Gasteiger partial charge in [0.1, 0.15) is 6.04 Å². The van der Waals surface area contributed by atoms with E-state index in [1.807, 2.05) is 13.8 Å². The Labute approximate surface area is 207 Å². The fourth-order valence-corrected chi connectivity index (χ4v) is 5.48. The van der Waals surface area contributed by atoms with E-state index in [1.165, 1.54) is 10.7 Å². The monoisotopic (exact) mass is 507 g/mol. The second-order valence-electron chi connectivity index (χ2n) is 10.8. The molecule has 1 aromatic heterocycles. The van der Waals surface area contributed by atoms with Crippen molar-refractivity contribution in [2.75, 3.05) is 5.32 Å². The molecule has 0 spiro atoms. The Bertz CT molecular complexity index is 1170. The fourth-order valence-electron chi connectivity index (χ4n) is 5.48. The number of hydrogen-bond acceptors (Lipinski definition) is 5. The first-order valence-corrected chi connectivity index (χ1v) is 12.1. The SMILES string of the molecule is CC1(C)CCc2c(C(F)(F)F)nn(-c3ccc(C(N)=O)c(NC4CCCC([C@H](N)C(=O)O)C4)c3)c2C1. The van der Waals surface area contributed by atoms with Gasteiger partial charge in [0.05, 0.1) is 11.3 Å². The lowest BCUT2D eigenvalue weighted by Crippen LogP contribution is -2.42. The van der Waals surface area contributed by atoms with E-state index in [9.17, 15) is 27.9 Å². The number of carbonyl (C=O) groups is 2. The van der Waals surface area contributed by atoms with Crippen molar-refractivity contribution < 1.29 is 27.9 Å². The maximum Gasteiger partial charge on any atom is 0.435 e. The molecule has 1 heterocycles. The quantitative estimate of drug-likeness (QED) is 0.468. The smallest absolute Gasteiger partial charge is 0.435 e. The van der Waals surface area contributed by atoms with Gasteiger partial charge < -0.3 is 21.9 Å². The molecule has 6 N–H and O–H groups in total. The van der Waals surface area contributed by atoms with E-state index in [1.54, 1.807) is 12.1 Å². The zero-order chi connectivity index (χ0) is 26.4. The lowest BCUT2D eigenvalue weighted by Gasteiger charge is -2.33. The van der Waals surface area contributed by atoms with Crippen LogP contribution in [0.2, 0.25) is 0 Å². The first-order valence-electron chi connectivity index (χ1n) is 12.1. The maximum absolute atomic E-state index is 13.8. The number of halogens is 3. The number of carboxylic acid groups (broad SMARTS) is 1. The summed E-state index contributed by atoms with van der Waals surface area (Å²) in [4.78, 5) is 23.5. The molecule has 1 amide bonds. The Morgan fingerprint density at radius 2 is 2.00 bits per heavy atom. The highest BCUT2D eigenvalue weighted by atomic mass is 19.4. The van der Waals surface area contributed by atoms with Crippen molar-refractivity contribution in [1.29, 1.82) is 0 Å². The van der Waals surface area contributed by atoms with Crippen LogP contribution >= 0.6 is 0 Å². The van der Waals surface area contributed by atoms with Gasteiger partial charge in [-0.1, -0.05) is 20.3 Å². The first kappa shape index (κ1) is 26.0. The number of aromatic nitrogens is 2. The minimum absolute atomic E-state index is 0.168. The number of carbonyl (C=O) groups excluding carboxylic acids is 1. The molecule has 4 rings (SSSR count). The lowest BCUT2D eigenvalue weighted by molar-refractivity contribution is -0.142. The van der Waals surface area contributed by atoms with E-state index in [4.69, 9.17) is 11.5 Å². The average molecular weight is 508 g/mol. The molecule has 2 aromatic rings. The summed E-state index contributed by atoms with van der Waals surface area (Å²) in [7, 11) is 0. The molecule has 2 aliphatic rings. The number of nitrogens with two attached hydrogens (primary N) is 2. The molecule has 36 heavy (non-hydrogen) atoms. The topological polar surface area (TPSA) is 136 Å². The van der Waals surface area contributed by atoms with Crippen LogP contribution in [0.15, 0.2) is 18.2 Å². The Hall–Kier alpha value is -3.08. The number of carboxylic acids is 1. The number of nitrogens with zero attached hydrogens (tertiary/aromatic N) is 2. The van der Waals surface area contributed by atoms with Crippen LogP contribution in [0.3, 0.4) is 0 Å². The van der Waals surface area contributed by atoms with Crippen molar-refractivity contribution in [2.45, 2.75) is 77.1 Å². The standard InChI is InChI=1S/C25H32F3N5O3/c1-24(2)9-8-17-19(12-24)33(32-21(17)25(26,27)28)15-6-7-16(22(30)34)18(11-15)31-14-5-3-4-13(10-14)20(29)23(35)36/h6-7,11,13-14,20,31H,3-5,8-10,12,29H2,1-2H3,(H2,30,34)(H,35,36)/t13?,14?,20-/m0/s1. The Balaban J connectivity index is 1.72. The zero-order valence-corrected chi connectivity index (χ0v) is 20.4. The highest BCUT2D eigenvalue weighted by molar-refractivity contribution is 5.99. The van der Waals surface area contributed by atoms with E-state index in [0.29, 0.717) is 42.8 Å². The third kappa shape index (κ3) is 5.21. The molecule has 0 saturated heterocycles. The highest BCUT2D eigenvalue weighted by Gasteiger charge is 2.42. The molecule has 2 aliphatic carbocycles. The van der Waals surface area contributed by atoms with Gasteiger partial charge >= 0.3 is 12.1 Å². The minimum Gasteiger partial charge on any atom is -0.480 e. The number of benzene rings is 1. The molecule has 0 aliphatic heterocycles. The van der Waals surface area contributed by atoms with Crippen LogP contribution in [0.4, 0.5) is 18.9 Å². The number of rotatable bonds is 6. The number of amides is 1. The van der Waals surface area contributed by atoms with Crippen LogP contribution in [0, 0.1) is 11.3 Å². The normalized spacial score (nSPS) is 22.5. The van der Waals surface area contributed by atoms with E-state index < -0.39 is 29.8 Å². The maximum atomic E-state index is 13.8. The number of hydrogen-bond donors (Lipinski definition) is 4. The van der Waals surface area contributed by atoms with Crippen LogP contribution in [0.5, 0.6) is 0 Å². The Morgan fingerprint density at radius 1 is 1.28 bits per heavy atom. The largest absolute Gasteiger partial charge is 0.480 e. The summed E-state index contributed by atoms with van der Waals surface area (Å²) in [5.41, 5.74) is 12.1. The zero-order valence-electron chi connectivity index (χ0n) is 20.4. The summed E-state index contributed by atoms with van der Waals surface area (Å²) < 4.78 is 42.8. The number of fused-ring (bicyclic) bond motifs is 1. The third-order valence-corrected chi connectivity index (χ3v) is 7.44. The number of alkyl halides is 3. The van der Waals surface area contributed by atoms with Gasteiger partial charge in [0, 0.05) is 23.0 Å². The van der Waals surface area contributed by atoms with Crippen LogP contribution in [-0.2, 0) is 23.8 Å². The lowest BCUT2D eigenvalue weighted by atomic mass is 9.76. The molecule has 0 radical (unpaired) electrons. The van der Waals surface area contributed by atoms with E-state index in [-0.39, 0.29) is 34.9 Å². The second-order valence-corrected chi connectivity index (χ2v) is 10.8. The number of nitrogens with one attached hydrogen (secondary N) is 1. The number of primary amides is 1. The molecule has 0 bridgehead atoms. The van der Waals surface area contributed by atoms with E-state index >= 15 is 0 Å². The van der Waals surface area contributed by atoms with Gasteiger partial charge in [-0.25, -0.2) is 4.68 Å². The van der Waals surface area contributed by atoms with Gasteiger partial charge in [-0.05, 0) is 68.1 Å². The van der Waals surface area contributed by atoms with Gasteiger partial charge in [0.2, 0.25) is 0 Å². The number of anilines is 1. The second kappa shape index (κ2) is 9.42. The third-order valence-electron chi connectivity index (χ3n) is 7.44. The van der Waals surface area contributed by atoms with E-state index in [2.05, 4.69) is 10.4 Å².